The Bertz CT molecular complexity index is 949. The molecule has 0 aromatic heterocycles. The second kappa shape index (κ2) is 6.87. The van der Waals surface area contributed by atoms with Gasteiger partial charge in [-0.05, 0) is 42.8 Å². The highest BCUT2D eigenvalue weighted by Gasteiger charge is 2.34. The van der Waals surface area contributed by atoms with E-state index in [4.69, 9.17) is 16.3 Å². The van der Waals surface area contributed by atoms with Gasteiger partial charge in [0.25, 0.3) is 10.0 Å². The number of rotatable bonds is 3. The molecule has 2 heterocycles. The highest BCUT2D eigenvalue weighted by atomic mass is 35.5. The maximum atomic E-state index is 13.4. The Morgan fingerprint density at radius 1 is 1.31 bits per heavy atom. The molecule has 2 aromatic rings. The standard InChI is InChI=1S/C18H19ClN2O3S2/c1-2-13-11-21(16-9-12(19)3-5-17(16)24-13)26(22,23)14-4-6-18-15(10-14)20-7-8-25-18/h3-6,9-10,13,20H,2,7-8,11H2,1H3/t13-/m0/s1. The van der Waals surface area contributed by atoms with Crippen LogP contribution in [0.3, 0.4) is 0 Å². The van der Waals surface area contributed by atoms with Gasteiger partial charge in [-0.2, -0.15) is 0 Å². The van der Waals surface area contributed by atoms with Crippen molar-refractivity contribution in [1.82, 2.24) is 0 Å². The van der Waals surface area contributed by atoms with Crippen LogP contribution in [-0.4, -0.2) is 33.4 Å². The van der Waals surface area contributed by atoms with Gasteiger partial charge in [-0.15, -0.1) is 11.8 Å². The predicted octanol–water partition coefficient (Wildman–Crippen LogP) is 4.22. The molecule has 0 fully saturated rings. The van der Waals surface area contributed by atoms with Crippen molar-refractivity contribution in [2.24, 2.45) is 0 Å². The van der Waals surface area contributed by atoms with E-state index in [1.807, 2.05) is 13.0 Å². The van der Waals surface area contributed by atoms with Crippen molar-refractivity contribution in [2.75, 3.05) is 28.5 Å². The summed E-state index contributed by atoms with van der Waals surface area (Å²) in [5.74, 6) is 1.52. The third-order valence-electron chi connectivity index (χ3n) is 4.52. The third-order valence-corrected chi connectivity index (χ3v) is 7.61. The van der Waals surface area contributed by atoms with E-state index in [9.17, 15) is 8.42 Å². The van der Waals surface area contributed by atoms with Gasteiger partial charge >= 0.3 is 0 Å². The Balaban J connectivity index is 1.79. The number of ether oxygens (including phenoxy) is 1. The largest absolute Gasteiger partial charge is 0.486 e. The SMILES string of the molecule is CC[C@H]1CN(S(=O)(=O)c2ccc3c(c2)NCCS3)c2cc(Cl)ccc2O1. The van der Waals surface area contributed by atoms with Gasteiger partial charge in [-0.25, -0.2) is 8.42 Å². The molecule has 138 valence electrons. The van der Waals surface area contributed by atoms with Crippen LogP contribution in [0.4, 0.5) is 11.4 Å². The summed E-state index contributed by atoms with van der Waals surface area (Å²) in [6.07, 6.45) is 0.529. The lowest BCUT2D eigenvalue weighted by atomic mass is 10.2. The molecule has 0 saturated carbocycles. The van der Waals surface area contributed by atoms with Crippen molar-refractivity contribution < 1.29 is 13.2 Å². The molecule has 1 N–H and O–H groups in total. The summed E-state index contributed by atoms with van der Waals surface area (Å²) in [5, 5.41) is 3.75. The quantitative estimate of drug-likeness (QED) is 0.820. The highest BCUT2D eigenvalue weighted by molar-refractivity contribution is 7.99. The fourth-order valence-corrected chi connectivity index (χ4v) is 5.70. The van der Waals surface area contributed by atoms with E-state index in [1.165, 1.54) is 4.31 Å². The lowest BCUT2D eigenvalue weighted by Gasteiger charge is -2.35. The number of halogens is 1. The van der Waals surface area contributed by atoms with Gasteiger partial charge in [0.2, 0.25) is 0 Å². The molecule has 0 spiro atoms. The smallest absolute Gasteiger partial charge is 0.264 e. The first-order valence-electron chi connectivity index (χ1n) is 8.48. The lowest BCUT2D eigenvalue weighted by molar-refractivity contribution is 0.196. The minimum atomic E-state index is -3.72. The Morgan fingerprint density at radius 2 is 2.15 bits per heavy atom. The normalized spacial score (nSPS) is 19.2. The van der Waals surface area contributed by atoms with Crippen molar-refractivity contribution in [2.45, 2.75) is 29.2 Å². The number of anilines is 2. The first-order chi connectivity index (χ1) is 12.5. The van der Waals surface area contributed by atoms with Gasteiger partial charge < -0.3 is 10.1 Å². The molecule has 5 nitrogen and oxygen atoms in total. The van der Waals surface area contributed by atoms with Gasteiger partial charge in [0, 0.05) is 27.9 Å². The minimum Gasteiger partial charge on any atom is -0.486 e. The number of nitrogens with zero attached hydrogens (tertiary/aromatic N) is 1. The van der Waals surface area contributed by atoms with Crippen molar-refractivity contribution in [3.05, 3.63) is 41.4 Å². The number of sulfonamides is 1. The fraction of sp³-hybridized carbons (Fsp3) is 0.333. The first-order valence-corrected chi connectivity index (χ1v) is 11.3. The second-order valence-electron chi connectivity index (χ2n) is 6.23. The average molecular weight is 411 g/mol. The molecule has 0 aliphatic carbocycles. The van der Waals surface area contributed by atoms with Gasteiger partial charge in [0.15, 0.2) is 0 Å². The fourth-order valence-electron chi connectivity index (χ4n) is 3.13. The first kappa shape index (κ1) is 17.8. The summed E-state index contributed by atoms with van der Waals surface area (Å²) in [7, 11) is -3.72. The molecule has 4 rings (SSSR count). The highest BCUT2D eigenvalue weighted by Crippen LogP contribution is 2.40. The van der Waals surface area contributed by atoms with Crippen molar-refractivity contribution in [1.29, 1.82) is 0 Å². The van der Waals surface area contributed by atoms with Crippen molar-refractivity contribution in [3.8, 4) is 5.75 Å². The van der Waals surface area contributed by atoms with E-state index in [2.05, 4.69) is 5.32 Å². The predicted molar refractivity (Wildman–Crippen MR) is 106 cm³/mol. The molecule has 1 atom stereocenters. The number of hydrogen-bond acceptors (Lipinski definition) is 5. The Kier molecular flexibility index (Phi) is 4.71. The van der Waals surface area contributed by atoms with Crippen LogP contribution in [-0.2, 0) is 10.0 Å². The number of fused-ring (bicyclic) bond motifs is 2. The van der Waals surface area contributed by atoms with Gasteiger partial charge in [-0.1, -0.05) is 18.5 Å². The van der Waals surface area contributed by atoms with Crippen LogP contribution < -0.4 is 14.4 Å². The van der Waals surface area contributed by atoms with Crippen LogP contribution in [0.25, 0.3) is 0 Å². The van der Waals surface area contributed by atoms with Crippen LogP contribution in [0.2, 0.25) is 5.02 Å². The number of benzene rings is 2. The molecule has 2 aromatic carbocycles. The summed E-state index contributed by atoms with van der Waals surface area (Å²) in [6.45, 7) is 3.08. The Morgan fingerprint density at radius 3 is 2.96 bits per heavy atom. The molecule has 0 unspecified atom stereocenters. The van der Waals surface area contributed by atoms with Crippen molar-refractivity contribution in [3.63, 3.8) is 0 Å². The molecule has 2 aliphatic rings. The molecule has 0 radical (unpaired) electrons. The van der Waals surface area contributed by atoms with Crippen LogP contribution >= 0.6 is 23.4 Å². The second-order valence-corrected chi connectivity index (χ2v) is 9.66. The molecular formula is C18H19ClN2O3S2. The zero-order valence-electron chi connectivity index (χ0n) is 14.2. The van der Waals surface area contributed by atoms with Gasteiger partial charge in [0.1, 0.15) is 11.9 Å². The molecule has 0 amide bonds. The molecule has 8 heteroatoms. The molecule has 0 saturated heterocycles. The number of hydrogen-bond donors (Lipinski definition) is 1. The van der Waals surface area contributed by atoms with E-state index in [0.717, 1.165) is 29.3 Å². The third kappa shape index (κ3) is 3.12. The van der Waals surface area contributed by atoms with Crippen LogP contribution in [0.1, 0.15) is 13.3 Å². The van der Waals surface area contributed by atoms with E-state index in [1.54, 1.807) is 42.1 Å². The molecule has 2 aliphatic heterocycles. The summed E-state index contributed by atoms with van der Waals surface area (Å²) in [4.78, 5) is 1.35. The monoisotopic (exact) mass is 410 g/mol. The van der Waals surface area contributed by atoms with Crippen LogP contribution in [0, 0.1) is 0 Å². The summed E-state index contributed by atoms with van der Waals surface area (Å²) < 4.78 is 34.1. The topological polar surface area (TPSA) is 58.6 Å². The maximum Gasteiger partial charge on any atom is 0.264 e. The minimum absolute atomic E-state index is 0.190. The van der Waals surface area contributed by atoms with E-state index in [-0.39, 0.29) is 17.5 Å². The van der Waals surface area contributed by atoms with Gasteiger partial charge in [0.05, 0.1) is 17.1 Å². The van der Waals surface area contributed by atoms with Crippen LogP contribution in [0.15, 0.2) is 46.2 Å². The molecule has 26 heavy (non-hydrogen) atoms. The lowest BCUT2D eigenvalue weighted by Crippen LogP contribution is -2.43. The number of nitrogens with one attached hydrogen (secondary N) is 1. The average Bonchev–Trinajstić information content (AvgIpc) is 2.66. The zero-order valence-corrected chi connectivity index (χ0v) is 16.6. The van der Waals surface area contributed by atoms with Crippen molar-refractivity contribution >= 4 is 44.8 Å². The Hall–Kier alpha value is -1.57. The van der Waals surface area contributed by atoms with E-state index >= 15 is 0 Å². The van der Waals surface area contributed by atoms with Gasteiger partial charge in [-0.3, -0.25) is 4.31 Å². The van der Waals surface area contributed by atoms with E-state index < -0.39 is 10.0 Å². The summed E-state index contributed by atoms with van der Waals surface area (Å²) >= 11 is 7.84. The summed E-state index contributed by atoms with van der Waals surface area (Å²) in [5.41, 5.74) is 1.36. The van der Waals surface area contributed by atoms with E-state index in [0.29, 0.717) is 16.5 Å². The number of thioether (sulfide) groups is 1. The maximum absolute atomic E-state index is 13.4. The molecule has 0 bridgehead atoms. The van der Waals surface area contributed by atoms with Crippen LogP contribution in [0.5, 0.6) is 5.75 Å². The summed E-state index contributed by atoms with van der Waals surface area (Å²) in [6, 6.07) is 10.4. The zero-order chi connectivity index (χ0) is 18.3. The Labute approximate surface area is 162 Å². The molecular weight excluding hydrogens is 392 g/mol.